The molecule has 4 heteroatoms. The van der Waals surface area contributed by atoms with Crippen LogP contribution in [0.5, 0.6) is 0 Å². The molecule has 2 aliphatic rings. The molecular weight excluding hydrogens is 286 g/mol. The van der Waals surface area contributed by atoms with E-state index >= 15 is 0 Å². The molecule has 1 aliphatic heterocycles. The Morgan fingerprint density at radius 2 is 2.17 bits per heavy atom. The van der Waals surface area contributed by atoms with Crippen LogP contribution in [0.3, 0.4) is 0 Å². The van der Waals surface area contributed by atoms with Gasteiger partial charge in [-0.25, -0.2) is 0 Å². The summed E-state index contributed by atoms with van der Waals surface area (Å²) in [5.41, 5.74) is 3.09. The Balaban J connectivity index is 1.62. The van der Waals surface area contributed by atoms with Crippen molar-refractivity contribution < 1.29 is 4.79 Å². The Morgan fingerprint density at radius 1 is 1.35 bits per heavy atom. The van der Waals surface area contributed by atoms with Crippen molar-refractivity contribution in [2.45, 2.75) is 44.6 Å². The van der Waals surface area contributed by atoms with E-state index in [9.17, 15) is 4.79 Å². The largest absolute Gasteiger partial charge is 0.332 e. The van der Waals surface area contributed by atoms with Crippen LogP contribution in [0.1, 0.15) is 42.6 Å². The molecular formula is C19H23N3O. The van der Waals surface area contributed by atoms with E-state index in [1.807, 2.05) is 13.0 Å². The number of fused-ring (bicyclic) bond motifs is 1. The molecule has 1 saturated heterocycles. The SMILES string of the molecule is Cc1cc(CC(=O)N2C[C@H]3CCCC[C@@]32c2ccccc2)n[nH]1. The monoisotopic (exact) mass is 309 g/mol. The van der Waals surface area contributed by atoms with E-state index < -0.39 is 0 Å². The van der Waals surface area contributed by atoms with Gasteiger partial charge in [0.1, 0.15) is 0 Å². The number of aryl methyl sites for hydroxylation is 1. The summed E-state index contributed by atoms with van der Waals surface area (Å²) >= 11 is 0. The number of amides is 1. The first-order valence-electron chi connectivity index (χ1n) is 8.57. The van der Waals surface area contributed by atoms with Crippen molar-refractivity contribution >= 4 is 5.91 Å². The predicted molar refractivity (Wildman–Crippen MR) is 88.8 cm³/mol. The lowest BCUT2D eigenvalue weighted by atomic mass is 9.61. The number of H-pyrrole nitrogens is 1. The molecule has 0 bridgehead atoms. The second kappa shape index (κ2) is 5.52. The highest BCUT2D eigenvalue weighted by molar-refractivity contribution is 5.80. The third-order valence-electron chi connectivity index (χ3n) is 5.59. The lowest BCUT2D eigenvalue weighted by Crippen LogP contribution is -2.67. The van der Waals surface area contributed by atoms with Crippen molar-refractivity contribution in [1.29, 1.82) is 0 Å². The van der Waals surface area contributed by atoms with Gasteiger partial charge in [-0.05, 0) is 31.4 Å². The Kier molecular flexibility index (Phi) is 3.47. The van der Waals surface area contributed by atoms with Crippen LogP contribution in [0, 0.1) is 12.8 Å². The highest BCUT2D eigenvalue weighted by atomic mass is 16.2. The van der Waals surface area contributed by atoms with Gasteiger partial charge in [-0.3, -0.25) is 9.89 Å². The van der Waals surface area contributed by atoms with Crippen molar-refractivity contribution in [3.05, 3.63) is 53.3 Å². The normalized spacial score (nSPS) is 26.5. The van der Waals surface area contributed by atoms with Crippen LogP contribution in [0.15, 0.2) is 36.4 Å². The third-order valence-corrected chi connectivity index (χ3v) is 5.59. The van der Waals surface area contributed by atoms with Crippen LogP contribution < -0.4 is 0 Å². The Morgan fingerprint density at radius 3 is 2.87 bits per heavy atom. The van der Waals surface area contributed by atoms with Gasteiger partial charge in [0.25, 0.3) is 0 Å². The molecule has 4 nitrogen and oxygen atoms in total. The maximum atomic E-state index is 12.9. The zero-order valence-corrected chi connectivity index (χ0v) is 13.6. The number of likely N-dealkylation sites (tertiary alicyclic amines) is 1. The van der Waals surface area contributed by atoms with Crippen molar-refractivity contribution in [3.63, 3.8) is 0 Å². The highest BCUT2D eigenvalue weighted by Gasteiger charge is 2.56. The molecule has 1 aromatic heterocycles. The quantitative estimate of drug-likeness (QED) is 0.946. The number of carbonyl (C=O) groups is 1. The van der Waals surface area contributed by atoms with Crippen molar-refractivity contribution in [2.24, 2.45) is 5.92 Å². The minimum absolute atomic E-state index is 0.0675. The van der Waals surface area contributed by atoms with E-state index in [4.69, 9.17) is 0 Å². The zero-order chi connectivity index (χ0) is 15.9. The van der Waals surface area contributed by atoms with Gasteiger partial charge in [0.05, 0.1) is 17.7 Å². The summed E-state index contributed by atoms with van der Waals surface area (Å²) in [4.78, 5) is 15.0. The highest BCUT2D eigenvalue weighted by Crippen LogP contribution is 2.53. The summed E-state index contributed by atoms with van der Waals surface area (Å²) in [6.07, 6.45) is 5.22. The fourth-order valence-electron chi connectivity index (χ4n) is 4.50. The molecule has 23 heavy (non-hydrogen) atoms. The fourth-order valence-corrected chi connectivity index (χ4v) is 4.50. The lowest BCUT2D eigenvalue weighted by molar-refractivity contribution is -0.166. The molecule has 0 spiro atoms. The van der Waals surface area contributed by atoms with Crippen LogP contribution in [0.2, 0.25) is 0 Å². The van der Waals surface area contributed by atoms with Crippen molar-refractivity contribution in [2.75, 3.05) is 6.54 Å². The molecule has 120 valence electrons. The summed E-state index contributed by atoms with van der Waals surface area (Å²) in [5, 5.41) is 7.15. The van der Waals surface area contributed by atoms with E-state index in [1.165, 1.54) is 24.8 Å². The Bertz CT molecular complexity index is 708. The van der Waals surface area contributed by atoms with Crippen molar-refractivity contribution in [3.8, 4) is 0 Å². The summed E-state index contributed by atoms with van der Waals surface area (Å²) in [6.45, 7) is 2.87. The molecule has 2 atom stereocenters. The van der Waals surface area contributed by atoms with Crippen LogP contribution in [-0.4, -0.2) is 27.5 Å². The lowest BCUT2D eigenvalue weighted by Gasteiger charge is -2.61. The molecule has 1 N–H and O–H groups in total. The van der Waals surface area contributed by atoms with Gasteiger partial charge in [0.15, 0.2) is 0 Å². The number of aromatic nitrogens is 2. The molecule has 1 aromatic carbocycles. The molecule has 2 heterocycles. The number of rotatable bonds is 3. The van der Waals surface area contributed by atoms with E-state index in [-0.39, 0.29) is 11.4 Å². The Hall–Kier alpha value is -2.10. The average Bonchev–Trinajstić information content (AvgIpc) is 2.94. The maximum Gasteiger partial charge on any atom is 0.229 e. The molecule has 1 aliphatic carbocycles. The minimum Gasteiger partial charge on any atom is -0.332 e. The summed E-state index contributed by atoms with van der Waals surface area (Å²) < 4.78 is 0. The molecule has 2 aromatic rings. The topological polar surface area (TPSA) is 49.0 Å². The first-order chi connectivity index (χ1) is 11.2. The molecule has 1 amide bonds. The molecule has 0 radical (unpaired) electrons. The predicted octanol–water partition coefficient (Wildman–Crippen LogP) is 3.19. The zero-order valence-electron chi connectivity index (χ0n) is 13.6. The first-order valence-corrected chi connectivity index (χ1v) is 8.57. The van der Waals surface area contributed by atoms with Crippen LogP contribution in [0.25, 0.3) is 0 Å². The van der Waals surface area contributed by atoms with Gasteiger partial charge in [-0.1, -0.05) is 43.2 Å². The molecule has 0 unspecified atom stereocenters. The second-order valence-electron chi connectivity index (χ2n) is 6.96. The summed E-state index contributed by atoms with van der Waals surface area (Å²) in [5.74, 6) is 0.821. The second-order valence-corrected chi connectivity index (χ2v) is 6.96. The fraction of sp³-hybridized carbons (Fsp3) is 0.474. The van der Waals surface area contributed by atoms with Gasteiger partial charge in [-0.15, -0.1) is 0 Å². The number of carbonyl (C=O) groups excluding carboxylic acids is 1. The summed E-state index contributed by atoms with van der Waals surface area (Å²) in [6, 6.07) is 12.6. The number of hydrogen-bond acceptors (Lipinski definition) is 2. The number of hydrogen-bond donors (Lipinski definition) is 1. The number of nitrogens with zero attached hydrogens (tertiary/aromatic N) is 2. The average molecular weight is 309 g/mol. The van der Waals surface area contributed by atoms with Crippen LogP contribution in [0.4, 0.5) is 0 Å². The molecule has 1 saturated carbocycles. The number of aromatic amines is 1. The molecule has 2 fully saturated rings. The first kappa shape index (κ1) is 14.5. The van der Waals surface area contributed by atoms with Crippen molar-refractivity contribution in [1.82, 2.24) is 15.1 Å². The van der Waals surface area contributed by atoms with Gasteiger partial charge in [-0.2, -0.15) is 5.10 Å². The van der Waals surface area contributed by atoms with Crippen LogP contribution in [-0.2, 0) is 16.8 Å². The molecule has 4 rings (SSSR count). The van der Waals surface area contributed by atoms with Gasteiger partial charge < -0.3 is 4.90 Å². The number of benzene rings is 1. The maximum absolute atomic E-state index is 12.9. The van der Waals surface area contributed by atoms with Gasteiger partial charge in [0, 0.05) is 18.2 Å². The Labute approximate surface area is 136 Å². The van der Waals surface area contributed by atoms with E-state index in [0.717, 1.165) is 24.4 Å². The van der Waals surface area contributed by atoms with Crippen LogP contribution >= 0.6 is 0 Å². The smallest absolute Gasteiger partial charge is 0.229 e. The third kappa shape index (κ3) is 2.28. The number of nitrogens with one attached hydrogen (secondary N) is 1. The van der Waals surface area contributed by atoms with E-state index in [1.54, 1.807) is 0 Å². The van der Waals surface area contributed by atoms with Gasteiger partial charge in [0.2, 0.25) is 5.91 Å². The standard InChI is InChI=1S/C19H23N3O/c1-14-11-17(21-20-14)12-18(23)22-13-16-9-5-6-10-19(16,22)15-7-3-2-4-8-15/h2-4,7-8,11,16H,5-6,9-10,12-13H2,1H3,(H,20,21)/t16-,19-/m1/s1. The van der Waals surface area contributed by atoms with E-state index in [2.05, 4.69) is 45.4 Å². The van der Waals surface area contributed by atoms with E-state index in [0.29, 0.717) is 12.3 Å². The van der Waals surface area contributed by atoms with Gasteiger partial charge >= 0.3 is 0 Å². The summed E-state index contributed by atoms with van der Waals surface area (Å²) in [7, 11) is 0. The minimum atomic E-state index is -0.0675.